The second-order valence-electron chi connectivity index (χ2n) is 11.7. The minimum Gasteiger partial charge on any atom is -0.407 e. The molecule has 0 unspecified atom stereocenters. The third-order valence-corrected chi connectivity index (χ3v) is 10.2. The fourth-order valence-electron chi connectivity index (χ4n) is 8.03. The molecule has 0 N–H and O–H groups in total. The van der Waals surface area contributed by atoms with Crippen molar-refractivity contribution in [1.29, 1.82) is 0 Å². The summed E-state index contributed by atoms with van der Waals surface area (Å²) in [4.78, 5) is 0. The molecule has 2 aliphatic heterocycles. The number of rotatable bonds is 1. The zero-order valence-electron chi connectivity index (χ0n) is 17.1. The lowest BCUT2D eigenvalue weighted by molar-refractivity contribution is -0.200. The van der Waals surface area contributed by atoms with Crippen LogP contribution in [0.5, 0.6) is 0 Å². The highest BCUT2D eigenvalue weighted by atomic mass is 16.7. The summed E-state index contributed by atoms with van der Waals surface area (Å²) in [5.74, 6) is 2.70. The van der Waals surface area contributed by atoms with E-state index in [4.69, 9.17) is 18.6 Å². The Morgan fingerprint density at radius 3 is 1.35 bits per heavy atom. The molecule has 0 radical (unpaired) electrons. The first kappa shape index (κ1) is 16.9. The van der Waals surface area contributed by atoms with Crippen LogP contribution in [0.4, 0.5) is 0 Å². The van der Waals surface area contributed by atoms with Crippen LogP contribution in [0.25, 0.3) is 0 Å². The molecular formula is C20H32B2O4. The summed E-state index contributed by atoms with van der Waals surface area (Å²) < 4.78 is 26.1. The first-order chi connectivity index (χ1) is 12.1. The van der Waals surface area contributed by atoms with Gasteiger partial charge in [0.05, 0.1) is 23.4 Å². The van der Waals surface area contributed by atoms with E-state index in [9.17, 15) is 0 Å². The van der Waals surface area contributed by atoms with Gasteiger partial charge in [-0.15, -0.1) is 0 Å². The van der Waals surface area contributed by atoms with Crippen LogP contribution in [0.15, 0.2) is 0 Å². The van der Waals surface area contributed by atoms with Crippen LogP contribution in [0.3, 0.4) is 0 Å². The molecule has 142 valence electrons. The summed E-state index contributed by atoms with van der Waals surface area (Å²) >= 11 is 0. The van der Waals surface area contributed by atoms with E-state index in [0.29, 0.717) is 22.7 Å². The van der Waals surface area contributed by atoms with Crippen molar-refractivity contribution in [3.63, 3.8) is 0 Å². The van der Waals surface area contributed by atoms with Gasteiger partial charge in [0.2, 0.25) is 0 Å². The second kappa shape index (κ2) is 4.58. The third-order valence-electron chi connectivity index (χ3n) is 10.2. The van der Waals surface area contributed by atoms with Crippen LogP contribution < -0.4 is 0 Å². The molecule has 8 aliphatic rings. The van der Waals surface area contributed by atoms with Crippen molar-refractivity contribution in [1.82, 2.24) is 0 Å². The summed E-state index contributed by atoms with van der Waals surface area (Å²) in [7, 11) is -0.745. The average molecular weight is 358 g/mol. The Balaban J connectivity index is 1.24. The minimum absolute atomic E-state index is 0.189. The minimum atomic E-state index is -0.372. The van der Waals surface area contributed by atoms with Gasteiger partial charge in [0, 0.05) is 0 Å². The Kier molecular flexibility index (Phi) is 2.97. The Morgan fingerprint density at radius 1 is 0.615 bits per heavy atom. The molecule has 26 heavy (non-hydrogen) atoms. The smallest absolute Gasteiger partial charge is 0.407 e. The van der Waals surface area contributed by atoms with Gasteiger partial charge in [-0.05, 0) is 74.0 Å². The van der Waals surface area contributed by atoms with E-state index in [0.717, 1.165) is 24.7 Å². The molecule has 2 saturated heterocycles. The standard InChI is InChI=1S/C20H32B2O4/c1-17(2)11-7-13(17)19(5)15(9-11)23-21(25-19)22-24-16-10-12-8-14(18(12,3)4)20(16,6)26-22/h11-16H,7-10H2,1-6H3/t11-,12+,13-,14-,15-,16-,19+,20+/m1/s1. The predicted molar refractivity (Wildman–Crippen MR) is 100 cm³/mol. The monoisotopic (exact) mass is 358 g/mol. The fourth-order valence-corrected chi connectivity index (χ4v) is 8.03. The lowest BCUT2D eigenvalue weighted by Crippen LogP contribution is -2.65. The Bertz CT molecular complexity index is 612. The number of hydrogen-bond donors (Lipinski definition) is 0. The summed E-state index contributed by atoms with van der Waals surface area (Å²) in [6.45, 7) is 14.1. The van der Waals surface area contributed by atoms with Gasteiger partial charge in [0.25, 0.3) is 0 Å². The van der Waals surface area contributed by atoms with Crippen LogP contribution >= 0.6 is 0 Å². The van der Waals surface area contributed by atoms with Crippen LogP contribution in [0, 0.1) is 34.5 Å². The maximum absolute atomic E-state index is 6.60. The van der Waals surface area contributed by atoms with Crippen molar-refractivity contribution < 1.29 is 18.6 Å². The Hall–Kier alpha value is -0.0301. The van der Waals surface area contributed by atoms with Crippen LogP contribution in [-0.4, -0.2) is 37.4 Å². The molecule has 8 atom stereocenters. The zero-order chi connectivity index (χ0) is 18.3. The molecule has 2 heterocycles. The Labute approximate surface area is 158 Å². The van der Waals surface area contributed by atoms with Crippen LogP contribution in [-0.2, 0) is 18.6 Å². The van der Waals surface area contributed by atoms with E-state index in [-0.39, 0.29) is 37.4 Å². The van der Waals surface area contributed by atoms with Gasteiger partial charge in [-0.3, -0.25) is 0 Å². The molecule has 8 fully saturated rings. The lowest BCUT2D eigenvalue weighted by Gasteiger charge is -2.64. The predicted octanol–water partition coefficient (Wildman–Crippen LogP) is 3.52. The molecule has 0 aromatic carbocycles. The summed E-state index contributed by atoms with van der Waals surface area (Å²) in [6.07, 6.45) is 5.17. The number of hydrogen-bond acceptors (Lipinski definition) is 4. The van der Waals surface area contributed by atoms with Gasteiger partial charge < -0.3 is 18.6 Å². The molecule has 0 amide bonds. The van der Waals surface area contributed by atoms with E-state index in [1.165, 1.54) is 12.8 Å². The largest absolute Gasteiger partial charge is 0.488 e. The molecule has 0 spiro atoms. The highest BCUT2D eigenvalue weighted by Crippen LogP contribution is 2.67. The van der Waals surface area contributed by atoms with Crippen molar-refractivity contribution in [3.05, 3.63) is 0 Å². The summed E-state index contributed by atoms with van der Waals surface area (Å²) in [6, 6.07) is 0. The normalized spacial score (nSPS) is 57.9. The summed E-state index contributed by atoms with van der Waals surface area (Å²) in [5, 5.41) is 0. The molecule has 0 aromatic rings. The molecule has 4 nitrogen and oxygen atoms in total. The maximum Gasteiger partial charge on any atom is 0.488 e. The lowest BCUT2D eigenvalue weighted by atomic mass is 9.43. The molecule has 4 bridgehead atoms. The molecule has 8 rings (SSSR count). The molecular weight excluding hydrogens is 326 g/mol. The van der Waals surface area contributed by atoms with Crippen molar-refractivity contribution in [3.8, 4) is 0 Å². The molecule has 6 heteroatoms. The van der Waals surface area contributed by atoms with Crippen LogP contribution in [0.2, 0.25) is 0 Å². The quantitative estimate of drug-likeness (QED) is 0.673. The van der Waals surface area contributed by atoms with Gasteiger partial charge in [-0.1, -0.05) is 27.7 Å². The third kappa shape index (κ3) is 1.71. The first-order valence-corrected chi connectivity index (χ1v) is 10.7. The van der Waals surface area contributed by atoms with Gasteiger partial charge >= 0.3 is 14.0 Å². The van der Waals surface area contributed by atoms with Crippen molar-refractivity contribution in [2.45, 2.75) is 90.6 Å². The Morgan fingerprint density at radius 2 is 1.00 bits per heavy atom. The highest BCUT2D eigenvalue weighted by molar-refractivity contribution is 7.11. The van der Waals surface area contributed by atoms with Crippen molar-refractivity contribution >= 4 is 14.0 Å². The zero-order valence-corrected chi connectivity index (χ0v) is 17.1. The molecule has 0 aromatic heterocycles. The van der Waals surface area contributed by atoms with E-state index in [1.807, 2.05) is 0 Å². The average Bonchev–Trinajstić information content (AvgIpc) is 3.09. The SMILES string of the molecule is CC1(C)[C@@H]2C[C@H]1[C@]1(C)OB(B3O[C@@H]4C[C@@H]5C[C@H](C5(C)C)[C@]4(C)O3)O[C@@H]1C2. The topological polar surface area (TPSA) is 36.9 Å². The van der Waals surface area contributed by atoms with E-state index >= 15 is 0 Å². The first-order valence-electron chi connectivity index (χ1n) is 10.7. The van der Waals surface area contributed by atoms with Gasteiger partial charge in [-0.25, -0.2) is 0 Å². The van der Waals surface area contributed by atoms with E-state index in [1.54, 1.807) is 0 Å². The van der Waals surface area contributed by atoms with Crippen molar-refractivity contribution in [2.75, 3.05) is 0 Å². The second-order valence-corrected chi connectivity index (χ2v) is 11.7. The highest BCUT2D eigenvalue weighted by Gasteiger charge is 2.73. The van der Waals surface area contributed by atoms with Gasteiger partial charge in [0.15, 0.2) is 0 Å². The van der Waals surface area contributed by atoms with E-state index < -0.39 is 0 Å². The molecule has 6 saturated carbocycles. The van der Waals surface area contributed by atoms with Gasteiger partial charge in [0.1, 0.15) is 0 Å². The molecule has 6 aliphatic carbocycles. The van der Waals surface area contributed by atoms with Crippen molar-refractivity contribution in [2.24, 2.45) is 34.5 Å². The van der Waals surface area contributed by atoms with Crippen LogP contribution in [0.1, 0.15) is 67.2 Å². The maximum atomic E-state index is 6.60. The fraction of sp³-hybridized carbons (Fsp3) is 1.00. The van der Waals surface area contributed by atoms with E-state index in [2.05, 4.69) is 41.5 Å². The summed E-state index contributed by atoms with van der Waals surface area (Å²) in [5.41, 5.74) is 0.357. The van der Waals surface area contributed by atoms with Gasteiger partial charge in [-0.2, -0.15) is 0 Å².